The maximum Gasteiger partial charge on any atom is 0.236 e. The first-order chi connectivity index (χ1) is 10.3. The number of nitrogens with zero attached hydrogens (tertiary/aromatic N) is 2. The van der Waals surface area contributed by atoms with E-state index in [0.717, 1.165) is 39.0 Å². The number of hydrogen-bond donors (Lipinski definition) is 1. The predicted molar refractivity (Wildman–Crippen MR) is 83.6 cm³/mol. The Hall–Kier alpha value is -1.39. The molecule has 1 aromatic rings. The maximum atomic E-state index is 11.9. The normalized spacial score (nSPS) is 22.4. The molecule has 2 aliphatic rings. The lowest BCUT2D eigenvalue weighted by Crippen LogP contribution is -2.41. The molecule has 1 amide bonds. The smallest absolute Gasteiger partial charge is 0.236 e. The molecule has 0 aromatic heterocycles. The zero-order valence-corrected chi connectivity index (χ0v) is 12.6. The monoisotopic (exact) mass is 287 g/mol. The van der Waals surface area contributed by atoms with Crippen molar-refractivity contribution in [3.05, 3.63) is 35.9 Å². The first-order valence-electron chi connectivity index (χ1n) is 8.02. The molecule has 0 bridgehead atoms. The topological polar surface area (TPSA) is 49.6 Å². The molecule has 1 heterocycles. The summed E-state index contributed by atoms with van der Waals surface area (Å²) in [6.07, 6.45) is 3.51. The molecular weight excluding hydrogens is 262 g/mol. The van der Waals surface area contributed by atoms with Crippen LogP contribution in [0.4, 0.5) is 0 Å². The lowest BCUT2D eigenvalue weighted by Gasteiger charge is -2.25. The van der Waals surface area contributed by atoms with Crippen LogP contribution < -0.4 is 5.73 Å². The summed E-state index contributed by atoms with van der Waals surface area (Å²) >= 11 is 0. The van der Waals surface area contributed by atoms with Crippen LogP contribution in [0.3, 0.4) is 0 Å². The highest BCUT2D eigenvalue weighted by atomic mass is 16.2. The third-order valence-electron chi connectivity index (χ3n) is 4.56. The summed E-state index contributed by atoms with van der Waals surface area (Å²) in [6.45, 7) is 4.29. The van der Waals surface area contributed by atoms with Crippen molar-refractivity contribution in [1.82, 2.24) is 9.80 Å². The van der Waals surface area contributed by atoms with Crippen LogP contribution in [0.5, 0.6) is 0 Å². The predicted octanol–water partition coefficient (Wildman–Crippen LogP) is 1.46. The summed E-state index contributed by atoms with van der Waals surface area (Å²) < 4.78 is 0. The van der Waals surface area contributed by atoms with E-state index in [4.69, 9.17) is 5.73 Å². The highest BCUT2D eigenvalue weighted by Gasteiger charge is 2.34. The van der Waals surface area contributed by atoms with Gasteiger partial charge in [-0.3, -0.25) is 9.69 Å². The lowest BCUT2D eigenvalue weighted by atomic mass is 10.1. The third-order valence-corrected chi connectivity index (χ3v) is 4.56. The fourth-order valence-corrected chi connectivity index (χ4v) is 3.28. The highest BCUT2D eigenvalue weighted by molar-refractivity contribution is 5.78. The minimum Gasteiger partial charge on any atom is -0.338 e. The number of nitrogens with two attached hydrogens (primary N) is 1. The van der Waals surface area contributed by atoms with Crippen LogP contribution in [0.25, 0.3) is 0 Å². The Morgan fingerprint density at radius 2 is 2.00 bits per heavy atom. The standard InChI is InChI=1S/C17H25N3O/c18-10-17(21)20(16-6-7-16)13-15-8-9-19(12-15)11-14-4-2-1-3-5-14/h1-5,15-16H,6-13,18H2. The van der Waals surface area contributed by atoms with E-state index in [9.17, 15) is 4.79 Å². The number of likely N-dealkylation sites (tertiary alicyclic amines) is 1. The van der Waals surface area contributed by atoms with Gasteiger partial charge in [-0.1, -0.05) is 30.3 Å². The summed E-state index contributed by atoms with van der Waals surface area (Å²) in [6, 6.07) is 11.1. The van der Waals surface area contributed by atoms with Gasteiger partial charge in [-0.2, -0.15) is 0 Å². The molecule has 1 unspecified atom stereocenters. The van der Waals surface area contributed by atoms with Gasteiger partial charge >= 0.3 is 0 Å². The number of hydrogen-bond acceptors (Lipinski definition) is 3. The van der Waals surface area contributed by atoms with Gasteiger partial charge in [0.1, 0.15) is 0 Å². The molecule has 1 saturated carbocycles. The Kier molecular flexibility index (Phi) is 4.56. The van der Waals surface area contributed by atoms with Gasteiger partial charge < -0.3 is 10.6 Å². The molecule has 114 valence electrons. The second kappa shape index (κ2) is 6.58. The van der Waals surface area contributed by atoms with Gasteiger partial charge in [-0.15, -0.1) is 0 Å². The first kappa shape index (κ1) is 14.5. The molecular formula is C17H25N3O. The molecule has 1 aliphatic carbocycles. The summed E-state index contributed by atoms with van der Waals surface area (Å²) in [5, 5.41) is 0. The fourth-order valence-electron chi connectivity index (χ4n) is 3.28. The van der Waals surface area contributed by atoms with Crippen LogP contribution in [0.1, 0.15) is 24.8 Å². The minimum absolute atomic E-state index is 0.124. The van der Waals surface area contributed by atoms with E-state index in [1.165, 1.54) is 12.0 Å². The number of carbonyl (C=O) groups is 1. The second-order valence-corrected chi connectivity index (χ2v) is 6.36. The third kappa shape index (κ3) is 3.83. The number of amides is 1. The zero-order valence-electron chi connectivity index (χ0n) is 12.6. The maximum absolute atomic E-state index is 11.9. The Morgan fingerprint density at radius 3 is 2.67 bits per heavy atom. The molecule has 3 rings (SSSR count). The molecule has 21 heavy (non-hydrogen) atoms. The van der Waals surface area contributed by atoms with Crippen molar-refractivity contribution in [3.63, 3.8) is 0 Å². The average Bonchev–Trinajstić information content (AvgIpc) is 3.26. The molecule has 1 saturated heterocycles. The van der Waals surface area contributed by atoms with Crippen LogP contribution in [-0.4, -0.2) is 47.9 Å². The highest BCUT2D eigenvalue weighted by Crippen LogP contribution is 2.29. The van der Waals surface area contributed by atoms with E-state index in [0.29, 0.717) is 12.0 Å². The van der Waals surface area contributed by atoms with Gasteiger partial charge in [0.05, 0.1) is 6.54 Å². The van der Waals surface area contributed by atoms with E-state index in [2.05, 4.69) is 35.2 Å². The van der Waals surface area contributed by atoms with Gasteiger partial charge in [0, 0.05) is 25.7 Å². The average molecular weight is 287 g/mol. The van der Waals surface area contributed by atoms with E-state index >= 15 is 0 Å². The molecule has 2 N–H and O–H groups in total. The Balaban J connectivity index is 1.51. The molecule has 2 fully saturated rings. The van der Waals surface area contributed by atoms with Crippen LogP contribution in [-0.2, 0) is 11.3 Å². The Labute approximate surface area is 126 Å². The van der Waals surface area contributed by atoms with Crippen molar-refractivity contribution in [2.45, 2.75) is 31.8 Å². The Bertz CT molecular complexity index is 472. The van der Waals surface area contributed by atoms with Crippen molar-refractivity contribution in [2.75, 3.05) is 26.2 Å². The van der Waals surface area contributed by atoms with E-state index in [1.807, 2.05) is 4.90 Å². The van der Waals surface area contributed by atoms with E-state index in [1.54, 1.807) is 0 Å². The molecule has 1 aliphatic heterocycles. The number of rotatable bonds is 6. The Morgan fingerprint density at radius 1 is 1.24 bits per heavy atom. The summed E-state index contributed by atoms with van der Waals surface area (Å²) in [5.74, 6) is 0.726. The lowest BCUT2D eigenvalue weighted by molar-refractivity contribution is -0.130. The molecule has 4 heteroatoms. The van der Waals surface area contributed by atoms with Gasteiger partial charge in [0.15, 0.2) is 0 Å². The molecule has 1 atom stereocenters. The fraction of sp³-hybridized carbons (Fsp3) is 0.588. The van der Waals surface area contributed by atoms with E-state index < -0.39 is 0 Å². The SMILES string of the molecule is NCC(=O)N(CC1CCN(Cc2ccccc2)C1)C1CC1. The van der Waals surface area contributed by atoms with Gasteiger partial charge in [-0.05, 0) is 37.3 Å². The largest absolute Gasteiger partial charge is 0.338 e. The molecule has 0 radical (unpaired) electrons. The van der Waals surface area contributed by atoms with Crippen molar-refractivity contribution in [1.29, 1.82) is 0 Å². The van der Waals surface area contributed by atoms with Crippen molar-refractivity contribution in [3.8, 4) is 0 Å². The van der Waals surface area contributed by atoms with Gasteiger partial charge in [0.2, 0.25) is 5.91 Å². The van der Waals surface area contributed by atoms with E-state index in [-0.39, 0.29) is 12.5 Å². The number of carbonyl (C=O) groups excluding carboxylic acids is 1. The summed E-state index contributed by atoms with van der Waals surface area (Å²) in [5.41, 5.74) is 6.91. The number of benzene rings is 1. The van der Waals surface area contributed by atoms with Crippen LogP contribution in [0.15, 0.2) is 30.3 Å². The molecule has 4 nitrogen and oxygen atoms in total. The van der Waals surface area contributed by atoms with Crippen LogP contribution in [0, 0.1) is 5.92 Å². The van der Waals surface area contributed by atoms with Crippen molar-refractivity contribution in [2.24, 2.45) is 11.7 Å². The first-order valence-corrected chi connectivity index (χ1v) is 8.02. The quantitative estimate of drug-likeness (QED) is 0.862. The molecule has 0 spiro atoms. The van der Waals surface area contributed by atoms with Crippen molar-refractivity contribution < 1.29 is 4.79 Å². The summed E-state index contributed by atoms with van der Waals surface area (Å²) in [7, 11) is 0. The van der Waals surface area contributed by atoms with Crippen LogP contribution >= 0.6 is 0 Å². The second-order valence-electron chi connectivity index (χ2n) is 6.36. The van der Waals surface area contributed by atoms with Crippen LogP contribution in [0.2, 0.25) is 0 Å². The summed E-state index contributed by atoms with van der Waals surface area (Å²) in [4.78, 5) is 16.5. The minimum atomic E-state index is 0.124. The molecule has 1 aromatic carbocycles. The van der Waals surface area contributed by atoms with Gasteiger partial charge in [-0.25, -0.2) is 0 Å². The van der Waals surface area contributed by atoms with Crippen molar-refractivity contribution >= 4 is 5.91 Å². The zero-order chi connectivity index (χ0) is 14.7. The van der Waals surface area contributed by atoms with Gasteiger partial charge in [0.25, 0.3) is 0 Å².